The molecule has 4 rings (SSSR count). The predicted molar refractivity (Wildman–Crippen MR) is 121 cm³/mol. The average molecular weight is 455 g/mol. The molecule has 33 heavy (non-hydrogen) atoms. The first kappa shape index (κ1) is 23.7. The first-order chi connectivity index (χ1) is 15.6. The molecule has 0 spiro atoms. The molecule has 0 bridgehead atoms. The first-order valence-corrected chi connectivity index (χ1v) is 12.2. The SMILES string of the molecule is CCC(=O)OC1=C(OC(=O)CC)[C@@]2(C)C(=CC1=O)CC[C@@H]1C2=CC[C@]2(C)[C@@H](C(C)=O)CC[C@@H]12. The number of fused-ring (bicyclic) bond motifs is 5. The molecule has 0 unspecified atom stereocenters. The van der Waals surface area contributed by atoms with Gasteiger partial charge in [-0.3, -0.25) is 19.2 Å². The highest BCUT2D eigenvalue weighted by Crippen LogP contribution is 2.65. The molecule has 0 aromatic carbocycles. The van der Waals surface area contributed by atoms with E-state index >= 15 is 0 Å². The quantitative estimate of drug-likeness (QED) is 0.430. The molecule has 0 aromatic rings. The highest BCUT2D eigenvalue weighted by Gasteiger charge is 2.59. The fourth-order valence-electron chi connectivity index (χ4n) is 6.94. The van der Waals surface area contributed by atoms with Crippen LogP contribution in [0.5, 0.6) is 0 Å². The maximum atomic E-state index is 13.0. The van der Waals surface area contributed by atoms with E-state index in [1.54, 1.807) is 26.8 Å². The molecule has 0 N–H and O–H groups in total. The largest absolute Gasteiger partial charge is 0.426 e. The first-order valence-electron chi connectivity index (χ1n) is 12.2. The Balaban J connectivity index is 1.85. The second-order valence-electron chi connectivity index (χ2n) is 10.3. The van der Waals surface area contributed by atoms with Crippen molar-refractivity contribution in [2.24, 2.45) is 28.6 Å². The molecular weight excluding hydrogens is 420 g/mol. The molecule has 0 saturated heterocycles. The van der Waals surface area contributed by atoms with E-state index in [-0.39, 0.29) is 47.4 Å². The van der Waals surface area contributed by atoms with Crippen molar-refractivity contribution < 1.29 is 28.7 Å². The summed E-state index contributed by atoms with van der Waals surface area (Å²) in [6.45, 7) is 9.28. The van der Waals surface area contributed by atoms with Crippen LogP contribution in [0.1, 0.15) is 79.6 Å². The second kappa shape index (κ2) is 8.37. The van der Waals surface area contributed by atoms with Gasteiger partial charge < -0.3 is 9.47 Å². The summed E-state index contributed by atoms with van der Waals surface area (Å²) in [4.78, 5) is 49.9. The summed E-state index contributed by atoms with van der Waals surface area (Å²) in [5, 5.41) is 0. The Labute approximate surface area is 195 Å². The van der Waals surface area contributed by atoms with Gasteiger partial charge in [-0.1, -0.05) is 32.4 Å². The van der Waals surface area contributed by atoms with Crippen LogP contribution in [-0.4, -0.2) is 23.5 Å². The minimum Gasteiger partial charge on any atom is -0.426 e. The van der Waals surface area contributed by atoms with Crippen LogP contribution in [0.3, 0.4) is 0 Å². The number of hydrogen-bond acceptors (Lipinski definition) is 6. The number of ketones is 2. The summed E-state index contributed by atoms with van der Waals surface area (Å²) in [6.07, 6.45) is 8.28. The van der Waals surface area contributed by atoms with Gasteiger partial charge in [-0.2, -0.15) is 0 Å². The Morgan fingerprint density at radius 3 is 2.33 bits per heavy atom. The molecule has 0 aliphatic heterocycles. The highest BCUT2D eigenvalue weighted by molar-refractivity contribution is 6.06. The van der Waals surface area contributed by atoms with Crippen LogP contribution in [0.25, 0.3) is 0 Å². The van der Waals surface area contributed by atoms with Gasteiger partial charge in [-0.15, -0.1) is 0 Å². The molecule has 0 heterocycles. The highest BCUT2D eigenvalue weighted by atomic mass is 16.6. The third kappa shape index (κ3) is 3.53. The van der Waals surface area contributed by atoms with E-state index in [9.17, 15) is 19.2 Å². The van der Waals surface area contributed by atoms with Crippen molar-refractivity contribution in [3.05, 3.63) is 34.8 Å². The fourth-order valence-corrected chi connectivity index (χ4v) is 6.94. The second-order valence-corrected chi connectivity index (χ2v) is 10.3. The number of Topliss-reactive ketones (excluding diaryl/α,β-unsaturated/α-hetero) is 1. The zero-order chi connectivity index (χ0) is 24.1. The van der Waals surface area contributed by atoms with Gasteiger partial charge in [0.05, 0.1) is 5.41 Å². The Morgan fingerprint density at radius 1 is 1.03 bits per heavy atom. The molecule has 0 amide bonds. The lowest BCUT2D eigenvalue weighted by Crippen LogP contribution is -2.47. The minimum absolute atomic E-state index is 0.0620. The number of esters is 2. The molecule has 6 heteroatoms. The normalized spacial score (nSPS) is 35.1. The summed E-state index contributed by atoms with van der Waals surface area (Å²) in [7, 11) is 0. The van der Waals surface area contributed by atoms with E-state index in [4.69, 9.17) is 9.47 Å². The van der Waals surface area contributed by atoms with Gasteiger partial charge in [0.2, 0.25) is 11.5 Å². The summed E-state index contributed by atoms with van der Waals surface area (Å²) in [5.74, 6) is -0.555. The topological polar surface area (TPSA) is 86.7 Å². The van der Waals surface area contributed by atoms with Gasteiger partial charge in [0, 0.05) is 18.8 Å². The van der Waals surface area contributed by atoms with E-state index in [0.29, 0.717) is 12.3 Å². The maximum absolute atomic E-state index is 13.0. The summed E-state index contributed by atoms with van der Waals surface area (Å²) in [6, 6.07) is 0. The molecule has 5 atom stereocenters. The van der Waals surface area contributed by atoms with Crippen molar-refractivity contribution in [1.29, 1.82) is 0 Å². The summed E-state index contributed by atoms with van der Waals surface area (Å²) in [5.41, 5.74) is 1.13. The third-order valence-electron chi connectivity index (χ3n) is 8.69. The van der Waals surface area contributed by atoms with Gasteiger partial charge in [-0.25, -0.2) is 0 Å². The van der Waals surface area contributed by atoms with Gasteiger partial charge >= 0.3 is 11.9 Å². The number of rotatable bonds is 5. The lowest BCUT2D eigenvalue weighted by molar-refractivity contribution is -0.146. The van der Waals surface area contributed by atoms with E-state index in [1.807, 2.05) is 6.92 Å². The van der Waals surface area contributed by atoms with E-state index in [0.717, 1.165) is 36.8 Å². The van der Waals surface area contributed by atoms with Gasteiger partial charge in [0.1, 0.15) is 5.78 Å². The Bertz CT molecular complexity index is 1010. The molecule has 0 radical (unpaired) electrons. The van der Waals surface area contributed by atoms with Gasteiger partial charge in [-0.05, 0) is 74.9 Å². The van der Waals surface area contributed by atoms with E-state index in [1.165, 1.54) is 0 Å². The monoisotopic (exact) mass is 454 g/mol. The number of carbonyl (C=O) groups excluding carboxylic acids is 4. The van der Waals surface area contributed by atoms with Gasteiger partial charge in [0.25, 0.3) is 0 Å². The lowest BCUT2D eigenvalue weighted by Gasteiger charge is -2.53. The standard InChI is InChI=1S/C27H34O6/c1-6-22(30)32-24-21(29)14-16-8-9-17-19-11-10-18(15(3)28)26(19,4)13-12-20(17)27(16,5)25(24)33-23(31)7-2/h12,14,17-19H,6-11,13H2,1-5H3/t17-,18+,19-,26+,27-/m0/s1. The van der Waals surface area contributed by atoms with E-state index < -0.39 is 23.1 Å². The van der Waals surface area contributed by atoms with Crippen molar-refractivity contribution in [2.75, 3.05) is 0 Å². The average Bonchev–Trinajstić information content (AvgIpc) is 3.14. The molecule has 4 aliphatic carbocycles. The minimum atomic E-state index is -0.819. The third-order valence-corrected chi connectivity index (χ3v) is 8.69. The van der Waals surface area contributed by atoms with Crippen LogP contribution in [0, 0.1) is 28.6 Å². The Morgan fingerprint density at radius 2 is 1.70 bits per heavy atom. The fraction of sp³-hybridized carbons (Fsp3) is 0.630. The van der Waals surface area contributed by atoms with Crippen molar-refractivity contribution in [1.82, 2.24) is 0 Å². The smallest absolute Gasteiger partial charge is 0.311 e. The van der Waals surface area contributed by atoms with Crippen LogP contribution < -0.4 is 0 Å². The molecule has 6 nitrogen and oxygen atoms in total. The van der Waals surface area contributed by atoms with Crippen molar-refractivity contribution >= 4 is 23.5 Å². The number of allylic oxidation sites excluding steroid dienone is 3. The van der Waals surface area contributed by atoms with Gasteiger partial charge in [0.15, 0.2) is 5.76 Å². The molecule has 0 aromatic heterocycles. The van der Waals surface area contributed by atoms with Crippen LogP contribution in [-0.2, 0) is 28.7 Å². The zero-order valence-corrected chi connectivity index (χ0v) is 20.3. The molecule has 178 valence electrons. The Hall–Kier alpha value is -2.50. The van der Waals surface area contributed by atoms with Crippen molar-refractivity contribution in [2.45, 2.75) is 79.6 Å². The van der Waals surface area contributed by atoms with Crippen molar-refractivity contribution in [3.63, 3.8) is 0 Å². The molecule has 2 fully saturated rings. The lowest BCUT2D eigenvalue weighted by atomic mass is 9.51. The maximum Gasteiger partial charge on any atom is 0.311 e. The number of ether oxygens (including phenoxy) is 2. The van der Waals surface area contributed by atoms with Crippen LogP contribution in [0.2, 0.25) is 0 Å². The van der Waals surface area contributed by atoms with Crippen LogP contribution in [0.15, 0.2) is 34.8 Å². The zero-order valence-electron chi connectivity index (χ0n) is 20.3. The number of carbonyl (C=O) groups is 4. The Kier molecular flexibility index (Phi) is 6.00. The summed E-state index contributed by atoms with van der Waals surface area (Å²) >= 11 is 0. The van der Waals surface area contributed by atoms with Crippen LogP contribution >= 0.6 is 0 Å². The van der Waals surface area contributed by atoms with Crippen molar-refractivity contribution in [3.8, 4) is 0 Å². The molecular formula is C27H34O6. The van der Waals surface area contributed by atoms with E-state index in [2.05, 4.69) is 13.0 Å². The molecule has 4 aliphatic rings. The summed E-state index contributed by atoms with van der Waals surface area (Å²) < 4.78 is 11.3. The predicted octanol–water partition coefficient (Wildman–Crippen LogP) is 4.98. The van der Waals surface area contributed by atoms with Crippen LogP contribution in [0.4, 0.5) is 0 Å². The molecule has 2 saturated carbocycles. The number of hydrogen-bond donors (Lipinski definition) is 0.